The van der Waals surface area contributed by atoms with Crippen molar-refractivity contribution in [3.63, 3.8) is 0 Å². The molecule has 1 aliphatic rings. The predicted molar refractivity (Wildman–Crippen MR) is 111 cm³/mol. The van der Waals surface area contributed by atoms with Gasteiger partial charge in [-0.1, -0.05) is 24.9 Å². The molecule has 2 heterocycles. The number of aromatic nitrogens is 3. The second-order valence-electron chi connectivity index (χ2n) is 7.04. The minimum atomic E-state index is -2.93. The Morgan fingerprint density at radius 2 is 2.04 bits per heavy atom. The van der Waals surface area contributed by atoms with Crippen molar-refractivity contribution in [3.05, 3.63) is 34.1 Å². The largest absolute Gasteiger partial charge is 0.303 e. The Hall–Kier alpha value is -1.22. The summed E-state index contributed by atoms with van der Waals surface area (Å²) in [6.07, 6.45) is 2.75. The minimum Gasteiger partial charge on any atom is -0.303 e. The summed E-state index contributed by atoms with van der Waals surface area (Å²) in [7, 11) is -1.04. The lowest BCUT2D eigenvalue weighted by atomic mass is 10.2. The number of nitrogens with zero attached hydrogens (tertiary/aromatic N) is 4. The molecule has 3 rings (SSSR count). The van der Waals surface area contributed by atoms with Crippen LogP contribution in [0.5, 0.6) is 0 Å². The maximum absolute atomic E-state index is 11.9. The molecule has 0 amide bonds. The molecule has 1 aromatic heterocycles. The molecule has 0 unspecified atom stereocenters. The number of hydrogen-bond acceptors (Lipinski definition) is 5. The molecule has 148 valence electrons. The van der Waals surface area contributed by atoms with E-state index in [4.69, 9.17) is 28.9 Å². The molecule has 2 aromatic rings. The van der Waals surface area contributed by atoms with Crippen LogP contribution in [0.3, 0.4) is 0 Å². The van der Waals surface area contributed by atoms with Gasteiger partial charge in [-0.15, -0.1) is 0 Å². The molecule has 1 fully saturated rings. The number of benzene rings is 1. The van der Waals surface area contributed by atoms with Crippen LogP contribution >= 0.6 is 23.8 Å². The van der Waals surface area contributed by atoms with Crippen molar-refractivity contribution in [2.24, 2.45) is 7.05 Å². The lowest BCUT2D eigenvalue weighted by molar-refractivity contribution is 0.152. The highest BCUT2D eigenvalue weighted by Crippen LogP contribution is 2.22. The molecule has 0 aliphatic carbocycles. The summed E-state index contributed by atoms with van der Waals surface area (Å²) in [5, 5.41) is 5.38. The van der Waals surface area contributed by atoms with E-state index in [9.17, 15) is 8.42 Å². The number of halogens is 1. The van der Waals surface area contributed by atoms with Crippen LogP contribution < -0.4 is 0 Å². The average Bonchev–Trinajstić information content (AvgIpc) is 3.13. The Morgan fingerprint density at radius 1 is 1.33 bits per heavy atom. The Bertz CT molecular complexity index is 951. The summed E-state index contributed by atoms with van der Waals surface area (Å²) < 4.78 is 28.1. The van der Waals surface area contributed by atoms with Gasteiger partial charge in [0.05, 0.1) is 18.2 Å². The molecule has 1 atom stereocenters. The molecule has 0 spiro atoms. The third-order valence-corrected chi connectivity index (χ3v) is 7.47. The summed E-state index contributed by atoms with van der Waals surface area (Å²) in [6, 6.07) is 7.53. The molecule has 1 saturated heterocycles. The van der Waals surface area contributed by atoms with Crippen LogP contribution in [0.4, 0.5) is 0 Å². The van der Waals surface area contributed by atoms with Crippen LogP contribution in [0.2, 0.25) is 5.02 Å². The third kappa shape index (κ3) is 4.80. The lowest BCUT2D eigenvalue weighted by Crippen LogP contribution is -2.38. The van der Waals surface area contributed by atoms with Gasteiger partial charge in [0.1, 0.15) is 0 Å². The van der Waals surface area contributed by atoms with Crippen molar-refractivity contribution in [1.82, 2.24) is 19.2 Å². The van der Waals surface area contributed by atoms with Gasteiger partial charge in [-0.3, -0.25) is 4.90 Å². The fourth-order valence-electron chi connectivity index (χ4n) is 3.40. The Morgan fingerprint density at radius 3 is 2.63 bits per heavy atom. The van der Waals surface area contributed by atoms with E-state index in [2.05, 4.69) is 11.8 Å². The SMILES string of the molecule is CCCCN(Cn1nc(-c2ccc(Cl)cc2)n(C)c1=S)[C@H]1CCS(=O)(=O)C1. The Balaban J connectivity index is 1.86. The van der Waals surface area contributed by atoms with Crippen LogP contribution in [-0.4, -0.2) is 51.8 Å². The zero-order valence-corrected chi connectivity index (χ0v) is 18.0. The summed E-state index contributed by atoms with van der Waals surface area (Å²) in [6.45, 7) is 3.47. The van der Waals surface area contributed by atoms with Gasteiger partial charge < -0.3 is 4.57 Å². The van der Waals surface area contributed by atoms with E-state index in [0.717, 1.165) is 30.8 Å². The summed E-state index contributed by atoms with van der Waals surface area (Å²) in [5.41, 5.74) is 0.940. The van der Waals surface area contributed by atoms with Gasteiger partial charge in [-0.2, -0.15) is 5.10 Å². The van der Waals surface area contributed by atoms with Gasteiger partial charge in [-0.25, -0.2) is 13.1 Å². The molecule has 1 aromatic carbocycles. The van der Waals surface area contributed by atoms with E-state index in [1.54, 1.807) is 4.68 Å². The molecular weight excluding hydrogens is 404 g/mol. The lowest BCUT2D eigenvalue weighted by Gasteiger charge is -2.27. The maximum atomic E-state index is 11.9. The molecule has 1 aliphatic heterocycles. The van der Waals surface area contributed by atoms with E-state index >= 15 is 0 Å². The molecule has 6 nitrogen and oxygen atoms in total. The summed E-state index contributed by atoms with van der Waals surface area (Å²) >= 11 is 11.6. The molecule has 9 heteroatoms. The van der Waals surface area contributed by atoms with Gasteiger partial charge in [0.15, 0.2) is 20.4 Å². The van der Waals surface area contributed by atoms with E-state index in [1.165, 1.54) is 0 Å². The first kappa shape index (κ1) is 20.5. The summed E-state index contributed by atoms with van der Waals surface area (Å²) in [5.74, 6) is 1.26. The fraction of sp³-hybridized carbons (Fsp3) is 0.556. The molecule has 0 saturated carbocycles. The van der Waals surface area contributed by atoms with Crippen molar-refractivity contribution in [2.45, 2.75) is 38.9 Å². The zero-order chi connectivity index (χ0) is 19.6. The van der Waals surface area contributed by atoms with Crippen molar-refractivity contribution in [1.29, 1.82) is 0 Å². The van der Waals surface area contributed by atoms with Crippen LogP contribution in [0.25, 0.3) is 11.4 Å². The van der Waals surface area contributed by atoms with Gasteiger partial charge >= 0.3 is 0 Å². The topological polar surface area (TPSA) is 60.1 Å². The quantitative estimate of drug-likeness (QED) is 0.631. The van der Waals surface area contributed by atoms with E-state index in [1.807, 2.05) is 35.9 Å². The molecule has 0 N–H and O–H groups in total. The minimum absolute atomic E-state index is 0.0319. The van der Waals surface area contributed by atoms with E-state index in [-0.39, 0.29) is 17.5 Å². The number of sulfone groups is 1. The van der Waals surface area contributed by atoms with Crippen molar-refractivity contribution >= 4 is 33.7 Å². The average molecular weight is 429 g/mol. The molecular formula is C18H25ClN4O2S2. The van der Waals surface area contributed by atoms with Gasteiger partial charge in [-0.05, 0) is 49.3 Å². The first-order valence-electron chi connectivity index (χ1n) is 9.15. The standard InChI is InChI=1S/C18H25ClN4O2S2/c1-3-4-10-22(16-9-11-27(24,25)12-16)13-23-18(26)21(2)17(20-23)14-5-7-15(19)8-6-14/h5-8,16H,3-4,9-13H2,1-2H3/t16-/m0/s1. The molecule has 27 heavy (non-hydrogen) atoms. The molecule has 0 radical (unpaired) electrons. The number of rotatable bonds is 7. The predicted octanol–water partition coefficient (Wildman–Crippen LogP) is 3.52. The molecule has 0 bridgehead atoms. The smallest absolute Gasteiger partial charge is 0.199 e. The second-order valence-corrected chi connectivity index (χ2v) is 10.1. The fourth-order valence-corrected chi connectivity index (χ4v) is 5.47. The first-order valence-corrected chi connectivity index (χ1v) is 11.8. The van der Waals surface area contributed by atoms with Crippen molar-refractivity contribution < 1.29 is 8.42 Å². The van der Waals surface area contributed by atoms with E-state index < -0.39 is 9.84 Å². The van der Waals surface area contributed by atoms with Crippen LogP contribution in [0.15, 0.2) is 24.3 Å². The van der Waals surface area contributed by atoms with Crippen LogP contribution in [-0.2, 0) is 23.6 Å². The van der Waals surface area contributed by atoms with Crippen LogP contribution in [0.1, 0.15) is 26.2 Å². The van der Waals surface area contributed by atoms with Crippen molar-refractivity contribution in [2.75, 3.05) is 18.1 Å². The zero-order valence-electron chi connectivity index (χ0n) is 15.6. The number of hydrogen-bond donors (Lipinski definition) is 0. The van der Waals surface area contributed by atoms with Crippen molar-refractivity contribution in [3.8, 4) is 11.4 Å². The van der Waals surface area contributed by atoms with Crippen LogP contribution in [0, 0.1) is 4.77 Å². The Kier molecular flexibility index (Phi) is 6.40. The highest BCUT2D eigenvalue weighted by atomic mass is 35.5. The van der Waals surface area contributed by atoms with Gasteiger partial charge in [0.2, 0.25) is 0 Å². The summed E-state index contributed by atoms with van der Waals surface area (Å²) in [4.78, 5) is 2.21. The van der Waals surface area contributed by atoms with Gasteiger partial charge in [0, 0.05) is 30.2 Å². The van der Waals surface area contributed by atoms with Gasteiger partial charge in [0.25, 0.3) is 0 Å². The maximum Gasteiger partial charge on any atom is 0.199 e. The Labute approximate surface area is 170 Å². The highest BCUT2D eigenvalue weighted by molar-refractivity contribution is 7.91. The highest BCUT2D eigenvalue weighted by Gasteiger charge is 2.32. The first-order chi connectivity index (χ1) is 12.8. The van der Waals surface area contributed by atoms with E-state index in [0.29, 0.717) is 22.9 Å². The number of unbranched alkanes of at least 4 members (excludes halogenated alkanes) is 1. The second kappa shape index (κ2) is 8.43. The normalized spacial score (nSPS) is 19.0. The monoisotopic (exact) mass is 428 g/mol. The third-order valence-electron chi connectivity index (χ3n) is 4.98.